The Hall–Kier alpha value is -2.38. The molecule has 22 heavy (non-hydrogen) atoms. The van der Waals surface area contributed by atoms with E-state index in [0.717, 1.165) is 5.69 Å². The molecular formula is C14H10ClN3O3S. The van der Waals surface area contributed by atoms with Crippen molar-refractivity contribution in [1.29, 1.82) is 0 Å². The molecule has 0 fully saturated rings. The summed E-state index contributed by atoms with van der Waals surface area (Å²) in [4.78, 5) is 3.77. The van der Waals surface area contributed by atoms with E-state index in [9.17, 15) is 8.42 Å². The lowest BCUT2D eigenvalue weighted by Crippen LogP contribution is -2.10. The first-order valence-corrected chi connectivity index (χ1v) is 7.99. The van der Waals surface area contributed by atoms with E-state index in [0.29, 0.717) is 0 Å². The molecule has 1 aromatic heterocycles. The van der Waals surface area contributed by atoms with Crippen LogP contribution in [-0.2, 0) is 10.1 Å². The van der Waals surface area contributed by atoms with Crippen LogP contribution in [0.3, 0.4) is 0 Å². The average molecular weight is 336 g/mol. The van der Waals surface area contributed by atoms with Crippen molar-refractivity contribution in [3.63, 3.8) is 0 Å². The first kappa shape index (κ1) is 14.6. The van der Waals surface area contributed by atoms with E-state index in [4.69, 9.17) is 15.8 Å². The van der Waals surface area contributed by atoms with Crippen molar-refractivity contribution >= 4 is 21.7 Å². The fourth-order valence-electron chi connectivity index (χ4n) is 1.82. The molecule has 0 aliphatic carbocycles. The van der Waals surface area contributed by atoms with Crippen molar-refractivity contribution in [2.45, 2.75) is 4.90 Å². The zero-order valence-electron chi connectivity index (χ0n) is 11.1. The fourth-order valence-corrected chi connectivity index (χ4v) is 3.24. The summed E-state index contributed by atoms with van der Waals surface area (Å²) in [5, 5.41) is 4.09. The lowest BCUT2D eigenvalue weighted by molar-refractivity contribution is 0.486. The van der Waals surface area contributed by atoms with E-state index < -0.39 is 10.1 Å². The van der Waals surface area contributed by atoms with Crippen LogP contribution in [-0.4, -0.2) is 23.2 Å². The molecule has 0 unspecified atom stereocenters. The van der Waals surface area contributed by atoms with Gasteiger partial charge in [0.15, 0.2) is 0 Å². The van der Waals surface area contributed by atoms with Crippen LogP contribution >= 0.6 is 11.6 Å². The summed E-state index contributed by atoms with van der Waals surface area (Å²) >= 11 is 5.89. The van der Waals surface area contributed by atoms with Gasteiger partial charge < -0.3 is 4.18 Å². The molecule has 1 heterocycles. The van der Waals surface area contributed by atoms with Crippen molar-refractivity contribution in [2.24, 2.45) is 0 Å². The maximum atomic E-state index is 12.2. The third-order valence-electron chi connectivity index (χ3n) is 2.83. The summed E-state index contributed by atoms with van der Waals surface area (Å²) in [6, 6.07) is 12.5. The van der Waals surface area contributed by atoms with Gasteiger partial charge in [-0.25, -0.2) is 9.67 Å². The van der Waals surface area contributed by atoms with Gasteiger partial charge in [0.2, 0.25) is 0 Å². The molecule has 0 aliphatic rings. The van der Waals surface area contributed by atoms with Gasteiger partial charge in [-0.2, -0.15) is 13.5 Å². The molecule has 0 N–H and O–H groups in total. The molecule has 0 atom stereocenters. The molecule has 0 aliphatic heterocycles. The van der Waals surface area contributed by atoms with Gasteiger partial charge in [-0.15, -0.1) is 0 Å². The molecule has 112 valence electrons. The number of benzene rings is 2. The highest BCUT2D eigenvalue weighted by Gasteiger charge is 2.19. The van der Waals surface area contributed by atoms with E-state index in [-0.39, 0.29) is 15.7 Å². The van der Waals surface area contributed by atoms with Gasteiger partial charge in [0.1, 0.15) is 23.3 Å². The molecule has 3 rings (SSSR count). The number of hydrogen-bond acceptors (Lipinski definition) is 5. The van der Waals surface area contributed by atoms with Crippen molar-refractivity contribution in [2.75, 3.05) is 0 Å². The number of halogens is 1. The Morgan fingerprint density at radius 3 is 2.41 bits per heavy atom. The van der Waals surface area contributed by atoms with Crippen LogP contribution in [0.2, 0.25) is 5.02 Å². The smallest absolute Gasteiger partial charge is 0.340 e. The Morgan fingerprint density at radius 1 is 1.05 bits per heavy atom. The van der Waals surface area contributed by atoms with Crippen molar-refractivity contribution in [3.8, 4) is 11.4 Å². The van der Waals surface area contributed by atoms with Crippen LogP contribution in [0, 0.1) is 0 Å². The van der Waals surface area contributed by atoms with E-state index >= 15 is 0 Å². The van der Waals surface area contributed by atoms with Crippen molar-refractivity contribution in [1.82, 2.24) is 14.8 Å². The lowest BCUT2D eigenvalue weighted by atomic mass is 10.3. The third kappa shape index (κ3) is 2.95. The minimum Gasteiger partial charge on any atom is -0.379 e. The Labute approximate surface area is 132 Å². The molecule has 6 nitrogen and oxygen atoms in total. The monoisotopic (exact) mass is 335 g/mol. The van der Waals surface area contributed by atoms with Gasteiger partial charge in [-0.3, -0.25) is 0 Å². The first-order valence-electron chi connectivity index (χ1n) is 6.20. The topological polar surface area (TPSA) is 74.1 Å². The quantitative estimate of drug-likeness (QED) is 0.685. The second-order valence-electron chi connectivity index (χ2n) is 4.30. The van der Waals surface area contributed by atoms with Gasteiger partial charge in [0.25, 0.3) is 0 Å². The highest BCUT2D eigenvalue weighted by atomic mass is 35.5. The molecule has 0 saturated carbocycles. The number of nitrogens with zero attached hydrogens (tertiary/aromatic N) is 3. The Balaban J connectivity index is 1.86. The fraction of sp³-hybridized carbons (Fsp3) is 0. The van der Waals surface area contributed by atoms with Gasteiger partial charge >= 0.3 is 10.1 Å². The summed E-state index contributed by atoms with van der Waals surface area (Å²) in [5.41, 5.74) is 0.736. The number of hydrogen-bond donors (Lipinski definition) is 0. The van der Waals surface area contributed by atoms with Crippen LogP contribution in [0.1, 0.15) is 0 Å². The van der Waals surface area contributed by atoms with Gasteiger partial charge in [-0.1, -0.05) is 23.7 Å². The van der Waals surface area contributed by atoms with E-state index in [1.807, 2.05) is 0 Å². The Bertz CT molecular complexity index is 878. The molecule has 0 saturated heterocycles. The van der Waals surface area contributed by atoms with E-state index in [1.54, 1.807) is 28.9 Å². The third-order valence-corrected chi connectivity index (χ3v) is 4.58. The van der Waals surface area contributed by atoms with E-state index in [2.05, 4.69) is 10.1 Å². The minimum absolute atomic E-state index is 0.0722. The number of rotatable bonds is 4. The highest BCUT2D eigenvalue weighted by molar-refractivity contribution is 7.87. The zero-order chi connectivity index (χ0) is 15.6. The average Bonchev–Trinajstić information content (AvgIpc) is 3.02. The van der Waals surface area contributed by atoms with Crippen LogP contribution < -0.4 is 4.18 Å². The highest BCUT2D eigenvalue weighted by Crippen LogP contribution is 2.25. The number of aromatic nitrogens is 3. The molecule has 2 aromatic carbocycles. The summed E-state index contributed by atoms with van der Waals surface area (Å²) in [6.45, 7) is 0. The molecule has 0 spiro atoms. The van der Waals surface area contributed by atoms with Gasteiger partial charge in [0.05, 0.1) is 10.7 Å². The predicted octanol–water partition coefficient (Wildman–Crippen LogP) is 2.69. The normalized spacial score (nSPS) is 11.3. The largest absolute Gasteiger partial charge is 0.379 e. The van der Waals surface area contributed by atoms with E-state index in [1.165, 1.54) is 36.9 Å². The summed E-state index contributed by atoms with van der Waals surface area (Å²) < 4.78 is 31.0. The summed E-state index contributed by atoms with van der Waals surface area (Å²) in [5.74, 6) is 0.184. The lowest BCUT2D eigenvalue weighted by Gasteiger charge is -2.08. The van der Waals surface area contributed by atoms with Crippen LogP contribution in [0.25, 0.3) is 5.69 Å². The molecule has 0 radical (unpaired) electrons. The minimum atomic E-state index is -3.98. The van der Waals surface area contributed by atoms with Crippen LogP contribution in [0.15, 0.2) is 66.1 Å². The molecule has 8 heteroatoms. The summed E-state index contributed by atoms with van der Waals surface area (Å²) in [7, 11) is -3.98. The maximum absolute atomic E-state index is 12.2. The van der Waals surface area contributed by atoms with Crippen molar-refractivity contribution < 1.29 is 12.6 Å². The zero-order valence-corrected chi connectivity index (χ0v) is 12.7. The first-order chi connectivity index (χ1) is 10.6. The molecule has 0 bridgehead atoms. The predicted molar refractivity (Wildman–Crippen MR) is 80.6 cm³/mol. The second kappa shape index (κ2) is 5.78. The Kier molecular flexibility index (Phi) is 3.82. The molecular weight excluding hydrogens is 326 g/mol. The summed E-state index contributed by atoms with van der Waals surface area (Å²) in [6.07, 6.45) is 2.95. The van der Waals surface area contributed by atoms with Gasteiger partial charge in [0, 0.05) is 0 Å². The van der Waals surface area contributed by atoms with Crippen LogP contribution in [0.4, 0.5) is 0 Å². The van der Waals surface area contributed by atoms with Crippen molar-refractivity contribution in [3.05, 3.63) is 66.2 Å². The second-order valence-corrected chi connectivity index (χ2v) is 6.22. The van der Waals surface area contributed by atoms with Crippen LogP contribution in [0.5, 0.6) is 5.75 Å². The SMILES string of the molecule is O=S(=O)(Oc1ccc(-n2cncn2)cc1)c1ccccc1Cl. The molecule has 3 aromatic rings. The standard InChI is InChI=1S/C14H10ClN3O3S/c15-13-3-1-2-4-14(13)22(19,20)21-12-7-5-11(6-8-12)18-10-16-9-17-18/h1-10H. The Morgan fingerprint density at radius 2 is 1.77 bits per heavy atom. The van der Waals surface area contributed by atoms with Gasteiger partial charge in [-0.05, 0) is 36.4 Å². The molecule has 0 amide bonds. The maximum Gasteiger partial charge on any atom is 0.340 e.